The Hall–Kier alpha value is -1.84. The molecule has 0 amide bonds. The molecule has 0 unspecified atom stereocenters. The Kier molecular flexibility index (Phi) is 3.72. The van der Waals surface area contributed by atoms with E-state index in [0.717, 1.165) is 22.6 Å². The van der Waals surface area contributed by atoms with Gasteiger partial charge in [0.1, 0.15) is 5.82 Å². The van der Waals surface area contributed by atoms with Gasteiger partial charge in [-0.2, -0.15) is 0 Å². The summed E-state index contributed by atoms with van der Waals surface area (Å²) in [6.07, 6.45) is 6.12. The highest BCUT2D eigenvalue weighted by molar-refractivity contribution is 6.43. The summed E-state index contributed by atoms with van der Waals surface area (Å²) in [6.45, 7) is 0. The van der Waals surface area contributed by atoms with Gasteiger partial charge in [-0.25, -0.2) is 4.98 Å². The second-order valence-electron chi connectivity index (χ2n) is 4.37. The number of aromatic nitrogens is 3. The van der Waals surface area contributed by atoms with Crippen LogP contribution in [0.1, 0.15) is 11.4 Å². The fourth-order valence-electron chi connectivity index (χ4n) is 1.99. The molecule has 1 N–H and O–H groups in total. The number of hydrogen-bond donors (Lipinski definition) is 1. The number of nitrogens with zero attached hydrogens (tertiary/aromatic N) is 2. The third-order valence-corrected chi connectivity index (χ3v) is 3.77. The maximum atomic E-state index is 6.20. The van der Waals surface area contributed by atoms with Gasteiger partial charge in [0, 0.05) is 30.6 Å². The first-order chi connectivity index (χ1) is 9.74. The van der Waals surface area contributed by atoms with Crippen LogP contribution >= 0.6 is 23.2 Å². The molecule has 3 rings (SSSR count). The van der Waals surface area contributed by atoms with Crippen molar-refractivity contribution in [3.05, 3.63) is 70.4 Å². The van der Waals surface area contributed by atoms with Crippen molar-refractivity contribution in [2.45, 2.75) is 6.42 Å². The van der Waals surface area contributed by atoms with E-state index >= 15 is 0 Å². The maximum absolute atomic E-state index is 6.20. The van der Waals surface area contributed by atoms with Crippen molar-refractivity contribution in [3.63, 3.8) is 0 Å². The molecule has 3 aromatic rings. The average Bonchev–Trinajstić information content (AvgIpc) is 2.91. The van der Waals surface area contributed by atoms with Crippen molar-refractivity contribution in [3.8, 4) is 11.3 Å². The molecular formula is C15H11Cl2N3. The fraction of sp³-hybridized carbons (Fsp3) is 0.0667. The Morgan fingerprint density at radius 1 is 1.10 bits per heavy atom. The van der Waals surface area contributed by atoms with E-state index in [1.807, 2.05) is 36.7 Å². The number of halogens is 2. The Labute approximate surface area is 126 Å². The Morgan fingerprint density at radius 2 is 2.00 bits per heavy atom. The highest BCUT2D eigenvalue weighted by Gasteiger charge is 2.10. The molecule has 20 heavy (non-hydrogen) atoms. The van der Waals surface area contributed by atoms with Crippen LogP contribution in [0, 0.1) is 0 Å². The zero-order valence-electron chi connectivity index (χ0n) is 10.5. The molecule has 1 aromatic carbocycles. The topological polar surface area (TPSA) is 41.6 Å². The molecule has 5 heteroatoms. The third kappa shape index (κ3) is 2.69. The minimum Gasteiger partial charge on any atom is -0.348 e. The number of imidazole rings is 1. The summed E-state index contributed by atoms with van der Waals surface area (Å²) < 4.78 is 0. The van der Waals surface area contributed by atoms with Crippen LogP contribution in [0.25, 0.3) is 11.3 Å². The van der Waals surface area contributed by atoms with Crippen LogP contribution < -0.4 is 0 Å². The molecule has 0 aliphatic heterocycles. The molecule has 2 heterocycles. The average molecular weight is 304 g/mol. The van der Waals surface area contributed by atoms with E-state index in [-0.39, 0.29) is 0 Å². The summed E-state index contributed by atoms with van der Waals surface area (Å²) in [5.74, 6) is 0.865. The molecule has 3 nitrogen and oxygen atoms in total. The first-order valence-corrected chi connectivity index (χ1v) is 6.87. The smallest absolute Gasteiger partial charge is 0.111 e. The van der Waals surface area contributed by atoms with E-state index in [9.17, 15) is 0 Å². The Balaban J connectivity index is 1.89. The lowest BCUT2D eigenvalue weighted by Crippen LogP contribution is -1.91. The first-order valence-electron chi connectivity index (χ1n) is 6.11. The largest absolute Gasteiger partial charge is 0.348 e. The standard InChI is InChI=1S/C15H11Cl2N3/c16-12-5-1-4-11(15(12)17)13-9-19-14(20-13)7-10-3-2-6-18-8-10/h1-6,8-9H,7H2,(H,19,20). The molecule has 0 fully saturated rings. The lowest BCUT2D eigenvalue weighted by atomic mass is 10.2. The molecule has 0 aliphatic rings. The number of rotatable bonds is 3. The summed E-state index contributed by atoms with van der Waals surface area (Å²) in [5, 5.41) is 1.05. The van der Waals surface area contributed by atoms with Crippen molar-refractivity contribution >= 4 is 23.2 Å². The van der Waals surface area contributed by atoms with E-state index in [2.05, 4.69) is 15.0 Å². The van der Waals surface area contributed by atoms with Gasteiger partial charge < -0.3 is 4.98 Å². The minimum atomic E-state index is 0.522. The molecule has 0 aliphatic carbocycles. The molecule has 0 radical (unpaired) electrons. The highest BCUT2D eigenvalue weighted by Crippen LogP contribution is 2.32. The zero-order chi connectivity index (χ0) is 13.9. The van der Waals surface area contributed by atoms with Crippen LogP contribution in [-0.4, -0.2) is 15.0 Å². The van der Waals surface area contributed by atoms with Crippen LogP contribution in [0.2, 0.25) is 10.0 Å². The molecule has 0 saturated carbocycles. The molecule has 0 saturated heterocycles. The van der Waals surface area contributed by atoms with Crippen LogP contribution in [0.5, 0.6) is 0 Å². The summed E-state index contributed by atoms with van der Waals surface area (Å²) in [7, 11) is 0. The molecule has 2 aromatic heterocycles. The molecule has 0 bridgehead atoms. The van der Waals surface area contributed by atoms with Crippen LogP contribution in [0.15, 0.2) is 48.9 Å². The van der Waals surface area contributed by atoms with Gasteiger partial charge in [0.05, 0.1) is 15.7 Å². The van der Waals surface area contributed by atoms with E-state index in [0.29, 0.717) is 16.5 Å². The van der Waals surface area contributed by atoms with Crippen LogP contribution in [0.4, 0.5) is 0 Å². The molecule has 0 spiro atoms. The minimum absolute atomic E-state index is 0.522. The molecule has 0 atom stereocenters. The van der Waals surface area contributed by atoms with E-state index in [1.54, 1.807) is 12.3 Å². The van der Waals surface area contributed by atoms with Gasteiger partial charge in [0.2, 0.25) is 0 Å². The van der Waals surface area contributed by atoms with Gasteiger partial charge in [0.25, 0.3) is 0 Å². The van der Waals surface area contributed by atoms with E-state index < -0.39 is 0 Å². The Bertz CT molecular complexity index is 723. The monoisotopic (exact) mass is 303 g/mol. The van der Waals surface area contributed by atoms with Crippen molar-refractivity contribution in [2.75, 3.05) is 0 Å². The second kappa shape index (κ2) is 5.65. The molecular weight excluding hydrogens is 293 g/mol. The number of hydrogen-bond acceptors (Lipinski definition) is 2. The first kappa shape index (κ1) is 13.2. The normalized spacial score (nSPS) is 10.7. The Morgan fingerprint density at radius 3 is 2.80 bits per heavy atom. The predicted molar refractivity (Wildman–Crippen MR) is 81.1 cm³/mol. The lowest BCUT2D eigenvalue weighted by Gasteiger charge is -2.01. The predicted octanol–water partition coefficient (Wildman–Crippen LogP) is 4.37. The van der Waals surface area contributed by atoms with E-state index in [4.69, 9.17) is 23.2 Å². The maximum Gasteiger partial charge on any atom is 0.111 e. The number of benzene rings is 1. The van der Waals surface area contributed by atoms with Gasteiger partial charge in [-0.3, -0.25) is 4.98 Å². The van der Waals surface area contributed by atoms with Crippen LogP contribution in [0.3, 0.4) is 0 Å². The van der Waals surface area contributed by atoms with Crippen molar-refractivity contribution in [1.82, 2.24) is 15.0 Å². The fourth-order valence-corrected chi connectivity index (χ4v) is 2.39. The third-order valence-electron chi connectivity index (χ3n) is 2.95. The summed E-state index contributed by atoms with van der Waals surface area (Å²) >= 11 is 12.2. The quantitative estimate of drug-likeness (QED) is 0.780. The zero-order valence-corrected chi connectivity index (χ0v) is 12.0. The van der Waals surface area contributed by atoms with Gasteiger partial charge in [-0.05, 0) is 17.7 Å². The van der Waals surface area contributed by atoms with Gasteiger partial charge in [-0.1, -0.05) is 41.4 Å². The van der Waals surface area contributed by atoms with Crippen molar-refractivity contribution in [1.29, 1.82) is 0 Å². The lowest BCUT2D eigenvalue weighted by molar-refractivity contribution is 1.01. The number of nitrogens with one attached hydrogen (secondary N) is 1. The van der Waals surface area contributed by atoms with Gasteiger partial charge in [-0.15, -0.1) is 0 Å². The van der Waals surface area contributed by atoms with Crippen LogP contribution in [-0.2, 0) is 6.42 Å². The van der Waals surface area contributed by atoms with Gasteiger partial charge >= 0.3 is 0 Å². The number of aromatic amines is 1. The summed E-state index contributed by atoms with van der Waals surface area (Å²) in [5.41, 5.74) is 2.72. The SMILES string of the molecule is Clc1cccc(-c2c[nH]c(Cc3cccnc3)n2)c1Cl. The highest BCUT2D eigenvalue weighted by atomic mass is 35.5. The van der Waals surface area contributed by atoms with E-state index in [1.165, 1.54) is 0 Å². The number of pyridine rings is 1. The van der Waals surface area contributed by atoms with Gasteiger partial charge in [0.15, 0.2) is 0 Å². The van der Waals surface area contributed by atoms with Crippen molar-refractivity contribution in [2.24, 2.45) is 0 Å². The molecule has 100 valence electrons. The summed E-state index contributed by atoms with van der Waals surface area (Å²) in [6, 6.07) is 9.45. The summed E-state index contributed by atoms with van der Waals surface area (Å²) in [4.78, 5) is 11.8. The van der Waals surface area contributed by atoms with Crippen molar-refractivity contribution < 1.29 is 0 Å². The second-order valence-corrected chi connectivity index (χ2v) is 5.16. The number of H-pyrrole nitrogens is 1.